The van der Waals surface area contributed by atoms with Crippen molar-refractivity contribution in [3.05, 3.63) is 84.4 Å². The Labute approximate surface area is 173 Å². The molecule has 2 N–H and O–H groups in total. The Kier molecular flexibility index (Phi) is 7.32. The molecule has 2 aromatic carbocycles. The number of thioether (sulfide) groups is 1. The van der Waals surface area contributed by atoms with Gasteiger partial charge in [-0.25, -0.2) is 27.5 Å². The first-order valence-electron chi connectivity index (χ1n) is 8.84. The van der Waals surface area contributed by atoms with Crippen LogP contribution in [-0.4, -0.2) is 41.4 Å². The molecule has 1 aromatic heterocycles. The highest BCUT2D eigenvalue weighted by atomic mass is 32.2. The van der Waals surface area contributed by atoms with Crippen LogP contribution in [0.3, 0.4) is 0 Å². The van der Waals surface area contributed by atoms with Crippen molar-refractivity contribution in [1.82, 2.24) is 14.7 Å². The number of sulfonamides is 1. The van der Waals surface area contributed by atoms with Gasteiger partial charge < -0.3 is 5.11 Å². The third-order valence-electron chi connectivity index (χ3n) is 4.12. The Bertz CT molecular complexity index is 1000. The molecule has 0 aliphatic carbocycles. The second kappa shape index (κ2) is 9.93. The van der Waals surface area contributed by atoms with Crippen molar-refractivity contribution in [3.63, 3.8) is 0 Å². The molecule has 0 unspecified atom stereocenters. The van der Waals surface area contributed by atoms with Gasteiger partial charge in [0.1, 0.15) is 5.82 Å². The van der Waals surface area contributed by atoms with Crippen LogP contribution in [0.5, 0.6) is 0 Å². The minimum Gasteiger partial charge on any atom is -0.391 e. The first kappa shape index (κ1) is 21.4. The summed E-state index contributed by atoms with van der Waals surface area (Å²) in [4.78, 5) is 8.12. The fraction of sp³-hybridized carbons (Fsp3) is 0.200. The van der Waals surface area contributed by atoms with Crippen molar-refractivity contribution >= 4 is 21.8 Å². The molecule has 0 bridgehead atoms. The van der Waals surface area contributed by atoms with Gasteiger partial charge in [0.2, 0.25) is 10.0 Å². The second-order valence-corrected chi connectivity index (χ2v) is 8.98. The lowest BCUT2D eigenvalue weighted by Gasteiger charge is -2.24. The van der Waals surface area contributed by atoms with Gasteiger partial charge in [0.15, 0.2) is 5.16 Å². The van der Waals surface area contributed by atoms with Gasteiger partial charge in [-0.05, 0) is 42.3 Å². The predicted molar refractivity (Wildman–Crippen MR) is 109 cm³/mol. The summed E-state index contributed by atoms with van der Waals surface area (Å²) in [6.07, 6.45) is 2.48. The van der Waals surface area contributed by atoms with Crippen LogP contribution in [0.1, 0.15) is 5.56 Å². The molecule has 1 heterocycles. The van der Waals surface area contributed by atoms with E-state index in [2.05, 4.69) is 14.7 Å². The number of aliphatic hydroxyl groups is 1. The molecular weight excluding hydrogens is 413 g/mol. The number of hydrogen-bond acceptors (Lipinski definition) is 6. The van der Waals surface area contributed by atoms with Gasteiger partial charge >= 0.3 is 0 Å². The quantitative estimate of drug-likeness (QED) is 0.398. The summed E-state index contributed by atoms with van der Waals surface area (Å²) in [5.41, 5.74) is 0.874. The molecule has 2 atom stereocenters. The molecule has 0 aliphatic rings. The lowest BCUT2D eigenvalue weighted by atomic mass is 10.0. The number of aromatic nitrogens is 2. The average molecular weight is 434 g/mol. The van der Waals surface area contributed by atoms with Crippen LogP contribution >= 0.6 is 11.8 Å². The topological polar surface area (TPSA) is 92.2 Å². The molecule has 0 amide bonds. The largest absolute Gasteiger partial charge is 0.391 e. The normalized spacial score (nSPS) is 13.7. The number of rotatable bonds is 9. The Balaban J connectivity index is 1.77. The first-order valence-corrected chi connectivity index (χ1v) is 11.3. The van der Waals surface area contributed by atoms with E-state index in [9.17, 15) is 17.9 Å². The number of aliphatic hydroxyl groups excluding tert-OH is 1. The number of nitrogens with one attached hydrogen (secondary N) is 1. The summed E-state index contributed by atoms with van der Waals surface area (Å²) in [7, 11) is -3.94. The predicted octanol–water partition coefficient (Wildman–Crippen LogP) is 2.66. The van der Waals surface area contributed by atoms with E-state index in [1.54, 1.807) is 18.5 Å². The second-order valence-electron chi connectivity index (χ2n) is 6.28. The van der Waals surface area contributed by atoms with Crippen molar-refractivity contribution in [2.45, 2.75) is 28.6 Å². The first-order chi connectivity index (χ1) is 13.9. The third kappa shape index (κ3) is 6.33. The molecule has 3 aromatic rings. The van der Waals surface area contributed by atoms with Gasteiger partial charge in [-0.15, -0.1) is 0 Å². The molecule has 29 heavy (non-hydrogen) atoms. The van der Waals surface area contributed by atoms with E-state index in [-0.39, 0.29) is 10.6 Å². The molecule has 0 radical (unpaired) electrons. The number of halogens is 1. The summed E-state index contributed by atoms with van der Waals surface area (Å²) in [5, 5.41) is 11.2. The standard InChI is InChI=1S/C20H20FN3O3S2/c21-16-7-9-17(10-8-16)29(26,27)24-18(13-15-5-2-1-3-6-15)19(25)14-28-20-22-11-4-12-23-20/h1-12,18-19,24-25H,13-14H2/t18-,19+/m0/s1. The summed E-state index contributed by atoms with van der Waals surface area (Å²) in [6.45, 7) is 0. The lowest BCUT2D eigenvalue weighted by molar-refractivity contribution is 0.160. The van der Waals surface area contributed by atoms with Crippen LogP contribution in [0.15, 0.2) is 83.1 Å². The average Bonchev–Trinajstić information content (AvgIpc) is 2.73. The third-order valence-corrected chi connectivity index (χ3v) is 6.60. The van der Waals surface area contributed by atoms with Crippen LogP contribution in [0.25, 0.3) is 0 Å². The molecule has 9 heteroatoms. The van der Waals surface area contributed by atoms with Gasteiger partial charge in [-0.2, -0.15) is 0 Å². The lowest BCUT2D eigenvalue weighted by Crippen LogP contribution is -2.45. The SMILES string of the molecule is O=S(=O)(N[C@@H](Cc1ccccc1)[C@H](O)CSc1ncccn1)c1ccc(F)cc1. The maximum Gasteiger partial charge on any atom is 0.240 e. The number of benzene rings is 2. The van der Waals surface area contributed by atoms with E-state index in [1.807, 2.05) is 30.3 Å². The van der Waals surface area contributed by atoms with Crippen LogP contribution in [0.4, 0.5) is 4.39 Å². The maximum atomic E-state index is 13.1. The number of nitrogens with zero attached hydrogens (tertiary/aromatic N) is 2. The highest BCUT2D eigenvalue weighted by Crippen LogP contribution is 2.18. The molecule has 3 rings (SSSR count). The maximum absolute atomic E-state index is 13.1. The molecule has 0 spiro atoms. The van der Waals surface area contributed by atoms with Gasteiger partial charge in [0, 0.05) is 18.1 Å². The van der Waals surface area contributed by atoms with Crippen molar-refractivity contribution in [3.8, 4) is 0 Å². The van der Waals surface area contributed by atoms with E-state index in [1.165, 1.54) is 23.9 Å². The Morgan fingerprint density at radius 3 is 2.31 bits per heavy atom. The summed E-state index contributed by atoms with van der Waals surface area (Å²) >= 11 is 1.23. The van der Waals surface area contributed by atoms with Gasteiger partial charge in [-0.1, -0.05) is 42.1 Å². The van der Waals surface area contributed by atoms with Crippen molar-refractivity contribution in [1.29, 1.82) is 0 Å². The monoisotopic (exact) mass is 433 g/mol. The molecule has 0 saturated heterocycles. The van der Waals surface area contributed by atoms with E-state index < -0.39 is 28.0 Å². The van der Waals surface area contributed by atoms with Gasteiger partial charge in [0.05, 0.1) is 17.0 Å². The van der Waals surface area contributed by atoms with Gasteiger partial charge in [0.25, 0.3) is 0 Å². The highest BCUT2D eigenvalue weighted by molar-refractivity contribution is 7.99. The van der Waals surface area contributed by atoms with Crippen molar-refractivity contribution < 1.29 is 17.9 Å². The zero-order chi connectivity index (χ0) is 20.7. The fourth-order valence-corrected chi connectivity index (χ4v) is 4.73. The molecule has 0 aliphatic heterocycles. The van der Waals surface area contributed by atoms with Crippen LogP contribution in [0, 0.1) is 5.82 Å². The molecule has 152 valence electrons. The Hall–Kier alpha value is -2.33. The van der Waals surface area contributed by atoms with E-state index in [4.69, 9.17) is 0 Å². The molecule has 0 saturated carbocycles. The van der Waals surface area contributed by atoms with Crippen LogP contribution in [-0.2, 0) is 16.4 Å². The Morgan fingerprint density at radius 2 is 1.66 bits per heavy atom. The minimum atomic E-state index is -3.94. The zero-order valence-corrected chi connectivity index (χ0v) is 17.0. The highest BCUT2D eigenvalue weighted by Gasteiger charge is 2.26. The summed E-state index contributed by atoms with van der Waals surface area (Å²) < 4.78 is 41.2. The fourth-order valence-electron chi connectivity index (χ4n) is 2.64. The summed E-state index contributed by atoms with van der Waals surface area (Å²) in [6, 6.07) is 14.7. The van der Waals surface area contributed by atoms with E-state index in [0.29, 0.717) is 11.6 Å². The van der Waals surface area contributed by atoms with E-state index >= 15 is 0 Å². The molecular formula is C20H20FN3O3S2. The molecule has 6 nitrogen and oxygen atoms in total. The van der Waals surface area contributed by atoms with Crippen molar-refractivity contribution in [2.24, 2.45) is 0 Å². The number of hydrogen-bond donors (Lipinski definition) is 2. The molecule has 0 fully saturated rings. The van der Waals surface area contributed by atoms with Gasteiger partial charge in [-0.3, -0.25) is 0 Å². The van der Waals surface area contributed by atoms with Crippen molar-refractivity contribution in [2.75, 3.05) is 5.75 Å². The summed E-state index contributed by atoms with van der Waals surface area (Å²) in [5.74, 6) is -0.322. The Morgan fingerprint density at radius 1 is 1.00 bits per heavy atom. The van der Waals surface area contributed by atoms with Crippen LogP contribution < -0.4 is 4.72 Å². The zero-order valence-electron chi connectivity index (χ0n) is 15.3. The smallest absolute Gasteiger partial charge is 0.240 e. The van der Waals surface area contributed by atoms with E-state index in [0.717, 1.165) is 17.7 Å². The minimum absolute atomic E-state index is 0.0665. The van der Waals surface area contributed by atoms with Crippen LogP contribution in [0.2, 0.25) is 0 Å².